The molecule has 6 atom stereocenters. The number of thiazole rings is 1. The van der Waals surface area contributed by atoms with Crippen LogP contribution in [0.5, 0.6) is 0 Å². The number of amides is 3. The van der Waals surface area contributed by atoms with E-state index in [2.05, 4.69) is 30.5 Å². The van der Waals surface area contributed by atoms with Gasteiger partial charge in [-0.05, 0) is 57.0 Å². The molecule has 18 heteroatoms. The first-order chi connectivity index (χ1) is 26.4. The number of ether oxygens (including phenoxy) is 2. The van der Waals surface area contributed by atoms with E-state index in [4.69, 9.17) is 9.47 Å². The van der Waals surface area contributed by atoms with Gasteiger partial charge in [-0.25, -0.2) is 15.0 Å². The Hall–Kier alpha value is -4.19. The fourth-order valence-electron chi connectivity index (χ4n) is 7.15. The third-order valence-corrected chi connectivity index (χ3v) is 11.4. The monoisotopic (exact) mass is 809 g/mol. The lowest BCUT2D eigenvalue weighted by molar-refractivity contribution is -0.149. The molecule has 0 spiro atoms. The summed E-state index contributed by atoms with van der Waals surface area (Å²) in [4.78, 5) is 81.7. The van der Waals surface area contributed by atoms with Crippen LogP contribution in [0.4, 0.5) is 13.2 Å². The topological polar surface area (TPSA) is 173 Å². The summed E-state index contributed by atoms with van der Waals surface area (Å²) in [7, 11) is 2.91. The van der Waals surface area contributed by atoms with Crippen LogP contribution in [-0.4, -0.2) is 106 Å². The van der Waals surface area contributed by atoms with Gasteiger partial charge in [0.1, 0.15) is 22.6 Å². The number of nitrogens with zero attached hydrogens (tertiary/aromatic N) is 5. The molecule has 3 heterocycles. The summed E-state index contributed by atoms with van der Waals surface area (Å²) in [6, 6.07) is -2.19. The molecule has 310 valence electrons. The van der Waals surface area contributed by atoms with Gasteiger partial charge in [-0.2, -0.15) is 13.2 Å². The van der Waals surface area contributed by atoms with Crippen LogP contribution >= 0.6 is 11.3 Å². The maximum Gasteiger partial charge on any atom is 0.419 e. The SMILES string of the molecule is CCN1CCCC[C@@H]1C(=O)N[C@H](C(=O)N(C)[C@H](C[C@@H](OC(C)=O)c1nc(C(=O)N[C@@H](Cc2ncc(C(F)(F)F)cn2)C[C@H](C)C(=O)OC)cs1)C(C)C)C1CC1. The maximum atomic E-state index is 14.1. The van der Waals surface area contributed by atoms with Gasteiger partial charge in [0.15, 0.2) is 6.10 Å². The first-order valence-corrected chi connectivity index (χ1v) is 20.0. The molecule has 2 aliphatic rings. The maximum absolute atomic E-state index is 14.1. The van der Waals surface area contributed by atoms with Crippen LogP contribution in [0.2, 0.25) is 0 Å². The van der Waals surface area contributed by atoms with Crippen LogP contribution in [0.3, 0.4) is 0 Å². The Balaban J connectivity index is 1.50. The minimum absolute atomic E-state index is 0.0166. The van der Waals surface area contributed by atoms with Crippen LogP contribution < -0.4 is 10.6 Å². The molecule has 1 saturated carbocycles. The smallest absolute Gasteiger partial charge is 0.419 e. The van der Waals surface area contributed by atoms with Gasteiger partial charge in [0.25, 0.3) is 5.91 Å². The average Bonchev–Trinajstić information content (AvgIpc) is 3.88. The third kappa shape index (κ3) is 12.2. The fraction of sp³-hybridized carbons (Fsp3) is 0.684. The van der Waals surface area contributed by atoms with Gasteiger partial charge >= 0.3 is 18.1 Å². The molecule has 2 N–H and O–H groups in total. The minimum atomic E-state index is -4.63. The number of methoxy groups -OCH3 is 1. The highest BCUT2D eigenvalue weighted by Crippen LogP contribution is 2.36. The molecular weight excluding hydrogens is 756 g/mol. The number of piperidine rings is 1. The summed E-state index contributed by atoms with van der Waals surface area (Å²) < 4.78 is 49.8. The van der Waals surface area contributed by atoms with Crippen molar-refractivity contribution in [2.24, 2.45) is 17.8 Å². The first-order valence-electron chi connectivity index (χ1n) is 19.1. The number of hydrogen-bond acceptors (Lipinski definition) is 12. The molecule has 2 fully saturated rings. The predicted octanol–water partition coefficient (Wildman–Crippen LogP) is 4.74. The van der Waals surface area contributed by atoms with Crippen LogP contribution in [0, 0.1) is 17.8 Å². The van der Waals surface area contributed by atoms with E-state index >= 15 is 0 Å². The van der Waals surface area contributed by atoms with E-state index in [0.29, 0.717) is 17.4 Å². The number of carbonyl (C=O) groups excluding carboxylic acids is 5. The number of likely N-dealkylation sites (tertiary alicyclic amines) is 1. The van der Waals surface area contributed by atoms with Gasteiger partial charge in [-0.15, -0.1) is 11.3 Å². The Kier molecular flexibility index (Phi) is 15.7. The van der Waals surface area contributed by atoms with Crippen molar-refractivity contribution in [1.82, 2.24) is 35.4 Å². The van der Waals surface area contributed by atoms with E-state index in [1.807, 2.05) is 20.8 Å². The van der Waals surface area contributed by atoms with Crippen molar-refractivity contribution in [3.05, 3.63) is 39.9 Å². The molecule has 0 unspecified atom stereocenters. The molecule has 1 saturated heterocycles. The molecule has 3 amide bonds. The Bertz CT molecular complexity index is 1670. The van der Waals surface area contributed by atoms with E-state index in [1.54, 1.807) is 18.9 Å². The van der Waals surface area contributed by atoms with E-state index < -0.39 is 59.7 Å². The van der Waals surface area contributed by atoms with E-state index in [9.17, 15) is 37.1 Å². The van der Waals surface area contributed by atoms with Gasteiger partial charge in [0, 0.05) is 56.7 Å². The number of nitrogens with one attached hydrogen (secondary N) is 2. The summed E-state index contributed by atoms with van der Waals surface area (Å²) in [6.07, 6.45) is 0.295. The van der Waals surface area contributed by atoms with Gasteiger partial charge in [-0.3, -0.25) is 28.9 Å². The van der Waals surface area contributed by atoms with Crippen molar-refractivity contribution in [1.29, 1.82) is 0 Å². The summed E-state index contributed by atoms with van der Waals surface area (Å²) in [5.74, 6) is -2.84. The third-order valence-electron chi connectivity index (χ3n) is 10.4. The normalized spacial score (nSPS) is 18.9. The molecule has 4 rings (SSSR count). The second-order valence-electron chi connectivity index (χ2n) is 15.0. The largest absolute Gasteiger partial charge is 0.469 e. The highest BCUT2D eigenvalue weighted by atomic mass is 32.1. The lowest BCUT2D eigenvalue weighted by Crippen LogP contribution is -2.57. The van der Waals surface area contributed by atoms with Crippen LogP contribution in [0.15, 0.2) is 17.8 Å². The second kappa shape index (κ2) is 19.8. The van der Waals surface area contributed by atoms with Gasteiger partial charge in [-0.1, -0.05) is 34.1 Å². The zero-order chi connectivity index (χ0) is 41.3. The molecule has 1 aliphatic carbocycles. The highest BCUT2D eigenvalue weighted by Gasteiger charge is 2.43. The van der Waals surface area contributed by atoms with Crippen LogP contribution in [0.1, 0.15) is 113 Å². The van der Waals surface area contributed by atoms with Crippen molar-refractivity contribution in [2.45, 2.75) is 122 Å². The molecule has 56 heavy (non-hydrogen) atoms. The Morgan fingerprint density at radius 1 is 1.04 bits per heavy atom. The number of carbonyl (C=O) groups is 5. The van der Waals surface area contributed by atoms with E-state index in [0.717, 1.165) is 56.5 Å². The number of likely N-dealkylation sites (N-methyl/N-ethyl adjacent to an activating group) is 2. The predicted molar refractivity (Wildman–Crippen MR) is 200 cm³/mol. The number of hydrogen-bond donors (Lipinski definition) is 2. The number of halogens is 3. The lowest BCUT2D eigenvalue weighted by Gasteiger charge is -2.37. The quantitative estimate of drug-likeness (QED) is 0.199. The Morgan fingerprint density at radius 2 is 1.71 bits per heavy atom. The molecule has 0 radical (unpaired) electrons. The van der Waals surface area contributed by atoms with Gasteiger partial charge < -0.3 is 25.0 Å². The summed E-state index contributed by atoms with van der Waals surface area (Å²) in [5.41, 5.74) is -1.04. The lowest BCUT2D eigenvalue weighted by atomic mass is 9.95. The van der Waals surface area contributed by atoms with Crippen molar-refractivity contribution >= 4 is 41.0 Å². The van der Waals surface area contributed by atoms with Gasteiger partial charge in [0.05, 0.1) is 24.6 Å². The van der Waals surface area contributed by atoms with Crippen molar-refractivity contribution < 1.29 is 46.6 Å². The van der Waals surface area contributed by atoms with Crippen LogP contribution in [-0.2, 0) is 41.2 Å². The zero-order valence-electron chi connectivity index (χ0n) is 33.1. The van der Waals surface area contributed by atoms with E-state index in [1.165, 1.54) is 19.4 Å². The molecular formula is C38H54F3N7O7S. The van der Waals surface area contributed by atoms with Crippen LogP contribution in [0.25, 0.3) is 0 Å². The molecule has 1 aliphatic heterocycles. The van der Waals surface area contributed by atoms with Crippen molar-refractivity contribution in [3.8, 4) is 0 Å². The number of aromatic nitrogens is 3. The van der Waals surface area contributed by atoms with Crippen molar-refractivity contribution in [3.63, 3.8) is 0 Å². The summed E-state index contributed by atoms with van der Waals surface area (Å²) >= 11 is 1.09. The second-order valence-corrected chi connectivity index (χ2v) is 15.9. The number of alkyl halides is 3. The van der Waals surface area contributed by atoms with E-state index in [-0.39, 0.29) is 60.5 Å². The fourth-order valence-corrected chi connectivity index (χ4v) is 7.99. The van der Waals surface area contributed by atoms with Crippen molar-refractivity contribution in [2.75, 3.05) is 27.2 Å². The molecule has 14 nitrogen and oxygen atoms in total. The van der Waals surface area contributed by atoms with Gasteiger partial charge in [0.2, 0.25) is 11.8 Å². The first kappa shape index (κ1) is 44.5. The number of esters is 2. The molecule has 0 aromatic carbocycles. The molecule has 0 bridgehead atoms. The average molecular weight is 810 g/mol. The summed E-state index contributed by atoms with van der Waals surface area (Å²) in [6.45, 7) is 10.4. The zero-order valence-corrected chi connectivity index (χ0v) is 33.9. The standard InChI is InChI=1S/C38H54F3N7O7S/c1-8-48-14-10-9-11-28(48)34(51)46-32(24-12-13-24)36(52)47(6)29(21(2)3)17-30(55-23(5)49)35-45-27(20-56-35)33(50)44-26(15-22(4)37(53)54-7)16-31-42-18-25(19-43-31)38(39,40)41/h18-22,24,26,28-30,32H,8-17H2,1-7H3,(H,44,50)(H,46,51)/t22-,26+,28+,29+,30+,32-/m0/s1. The Morgan fingerprint density at radius 3 is 2.29 bits per heavy atom. The summed E-state index contributed by atoms with van der Waals surface area (Å²) in [5, 5.41) is 7.68. The molecule has 2 aromatic rings. The minimum Gasteiger partial charge on any atom is -0.469 e. The molecule has 2 aromatic heterocycles. The number of rotatable bonds is 18. The highest BCUT2D eigenvalue weighted by molar-refractivity contribution is 7.09. The Labute approximate surface area is 329 Å².